The predicted molar refractivity (Wildman–Crippen MR) is 164 cm³/mol. The third kappa shape index (κ3) is 5.43. The van der Waals surface area contributed by atoms with Gasteiger partial charge in [-0.15, -0.1) is 0 Å². The molecule has 43 heavy (non-hydrogen) atoms. The van der Waals surface area contributed by atoms with Crippen molar-refractivity contribution in [3.8, 4) is 5.95 Å². The molecular weight excluding hydrogens is 544 g/mol. The first-order chi connectivity index (χ1) is 20.5. The van der Waals surface area contributed by atoms with Crippen LogP contribution in [0, 0.1) is 6.92 Å². The van der Waals surface area contributed by atoms with Gasteiger partial charge in [0.15, 0.2) is 5.65 Å². The Morgan fingerprint density at radius 2 is 1.72 bits per heavy atom. The van der Waals surface area contributed by atoms with E-state index in [0.717, 1.165) is 34.2 Å². The third-order valence-corrected chi connectivity index (χ3v) is 7.43. The molecule has 0 bridgehead atoms. The number of aryl methyl sites for hydroxylation is 2. The minimum atomic E-state index is -0.677. The van der Waals surface area contributed by atoms with Crippen LogP contribution in [-0.4, -0.2) is 40.6 Å². The second kappa shape index (κ2) is 10.6. The van der Waals surface area contributed by atoms with Gasteiger partial charge in [-0.25, -0.2) is 19.3 Å². The number of ether oxygens (including phenoxy) is 1. The number of hydrogen-bond acceptors (Lipinski definition) is 7. The van der Waals surface area contributed by atoms with Crippen LogP contribution in [0.5, 0.6) is 0 Å². The molecule has 0 saturated heterocycles. The smallest absolute Gasteiger partial charge is 0.335 e. The van der Waals surface area contributed by atoms with Crippen LogP contribution in [0.15, 0.2) is 64.7 Å². The third-order valence-electron chi connectivity index (χ3n) is 7.43. The highest BCUT2D eigenvalue weighted by Gasteiger charge is 2.27. The number of nitrogens with zero attached hydrogens (tertiary/aromatic N) is 5. The van der Waals surface area contributed by atoms with Crippen molar-refractivity contribution in [2.45, 2.75) is 59.1 Å². The highest BCUT2D eigenvalue weighted by atomic mass is 16.6. The molecule has 1 aliphatic carbocycles. The number of aromatic amines is 1. The molecule has 3 aromatic heterocycles. The predicted octanol–water partition coefficient (Wildman–Crippen LogP) is 4.54. The Hall–Kier alpha value is -5.12. The van der Waals surface area contributed by atoms with Crippen LogP contribution in [0.25, 0.3) is 29.3 Å². The van der Waals surface area contributed by atoms with Gasteiger partial charge in [-0.1, -0.05) is 61.0 Å². The first-order valence-corrected chi connectivity index (χ1v) is 14.2. The number of benzene rings is 2. The normalized spacial score (nSPS) is 14.3. The van der Waals surface area contributed by atoms with Crippen LogP contribution in [-0.2, 0) is 22.5 Å². The average molecular weight is 577 g/mol. The summed E-state index contributed by atoms with van der Waals surface area (Å²) in [5, 5.41) is 0. The maximum Gasteiger partial charge on any atom is 0.335 e. The van der Waals surface area contributed by atoms with Crippen molar-refractivity contribution >= 4 is 29.3 Å². The van der Waals surface area contributed by atoms with E-state index in [0.29, 0.717) is 16.7 Å². The molecule has 0 radical (unpaired) electrons. The molecule has 3 heterocycles. The minimum absolute atomic E-state index is 0.0402. The van der Waals surface area contributed by atoms with Gasteiger partial charge in [0.25, 0.3) is 5.56 Å². The minimum Gasteiger partial charge on any atom is -0.459 e. The molecule has 10 nitrogen and oxygen atoms in total. The van der Waals surface area contributed by atoms with Gasteiger partial charge in [-0.2, -0.15) is 4.98 Å². The Morgan fingerprint density at radius 1 is 1.00 bits per heavy atom. The number of esters is 1. The number of fused-ring (bicyclic) bond motifs is 3. The van der Waals surface area contributed by atoms with E-state index in [2.05, 4.69) is 63.3 Å². The lowest BCUT2D eigenvalue weighted by Gasteiger charge is -2.21. The SMILES string of the molecule is CCc1ccc2c(c1)C=Cc1cc(C)ccc1C2c1cn(-c2ncc3ncn(CC(=O)OC(C)(C)C)c3n2)c(=O)[nH]c1=O. The van der Waals surface area contributed by atoms with Crippen LogP contribution >= 0.6 is 0 Å². The van der Waals surface area contributed by atoms with E-state index in [4.69, 9.17) is 4.74 Å². The van der Waals surface area contributed by atoms with Gasteiger partial charge in [-0.05, 0) is 61.9 Å². The fourth-order valence-corrected chi connectivity index (χ4v) is 5.47. The van der Waals surface area contributed by atoms with Gasteiger partial charge in [0.05, 0.1) is 12.5 Å². The van der Waals surface area contributed by atoms with E-state index in [1.54, 1.807) is 25.3 Å². The van der Waals surface area contributed by atoms with Gasteiger partial charge in [0, 0.05) is 17.7 Å². The summed E-state index contributed by atoms with van der Waals surface area (Å²) in [5.41, 5.74) is 5.59. The molecule has 10 heteroatoms. The number of nitrogens with one attached hydrogen (secondary N) is 1. The summed E-state index contributed by atoms with van der Waals surface area (Å²) in [5.74, 6) is -0.863. The second-order valence-corrected chi connectivity index (χ2v) is 11.8. The van der Waals surface area contributed by atoms with E-state index in [1.807, 2.05) is 19.1 Å². The van der Waals surface area contributed by atoms with Crippen LogP contribution in [0.1, 0.15) is 72.6 Å². The first kappa shape index (κ1) is 28.0. The summed E-state index contributed by atoms with van der Waals surface area (Å²) in [6.45, 7) is 9.41. The molecule has 2 aromatic carbocycles. The zero-order chi connectivity index (χ0) is 30.5. The van der Waals surface area contributed by atoms with E-state index in [9.17, 15) is 14.4 Å². The molecule has 1 aliphatic rings. The molecule has 218 valence electrons. The first-order valence-electron chi connectivity index (χ1n) is 14.2. The largest absolute Gasteiger partial charge is 0.459 e. The number of H-pyrrole nitrogens is 1. The van der Waals surface area contributed by atoms with E-state index < -0.39 is 28.7 Å². The lowest BCUT2D eigenvalue weighted by atomic mass is 9.82. The molecule has 1 atom stereocenters. The lowest BCUT2D eigenvalue weighted by molar-refractivity contribution is -0.155. The summed E-state index contributed by atoms with van der Waals surface area (Å²) < 4.78 is 8.22. The number of carbonyl (C=O) groups is 1. The summed E-state index contributed by atoms with van der Waals surface area (Å²) in [6.07, 6.45) is 9.53. The Labute approximate surface area is 247 Å². The Morgan fingerprint density at radius 3 is 2.44 bits per heavy atom. The number of imidazole rings is 1. The quantitative estimate of drug-likeness (QED) is 0.299. The molecule has 0 aliphatic heterocycles. The maximum atomic E-state index is 13.5. The number of aromatic nitrogens is 6. The second-order valence-electron chi connectivity index (χ2n) is 11.8. The molecular formula is C33H32N6O4. The van der Waals surface area contributed by atoms with Gasteiger partial charge in [-0.3, -0.25) is 14.6 Å². The molecule has 6 rings (SSSR count). The molecule has 1 unspecified atom stereocenters. The molecule has 5 aromatic rings. The Kier molecular flexibility index (Phi) is 6.92. The van der Waals surface area contributed by atoms with Gasteiger partial charge in [0.1, 0.15) is 17.7 Å². The van der Waals surface area contributed by atoms with Gasteiger partial charge >= 0.3 is 11.7 Å². The van der Waals surface area contributed by atoms with Gasteiger partial charge < -0.3 is 9.30 Å². The zero-order valence-corrected chi connectivity index (χ0v) is 24.7. The van der Waals surface area contributed by atoms with Crippen molar-refractivity contribution in [1.82, 2.24) is 29.1 Å². The van der Waals surface area contributed by atoms with Crippen molar-refractivity contribution in [2.75, 3.05) is 0 Å². The fraction of sp³-hybridized carbons (Fsp3) is 0.273. The van der Waals surface area contributed by atoms with Crippen molar-refractivity contribution in [2.24, 2.45) is 0 Å². The fourth-order valence-electron chi connectivity index (χ4n) is 5.47. The van der Waals surface area contributed by atoms with Crippen molar-refractivity contribution in [1.29, 1.82) is 0 Å². The zero-order valence-electron chi connectivity index (χ0n) is 24.7. The number of hydrogen-bond donors (Lipinski definition) is 1. The van der Waals surface area contributed by atoms with E-state index >= 15 is 0 Å². The standard InChI is InChI=1S/C33H32N6O4/c1-6-20-8-12-24-22(14-20)10-9-21-13-19(2)7-11-23(21)28(24)25-16-39(32(42)37-30(25)41)31-34-15-26-29(36-31)38(18-35-26)17-27(40)43-33(3,4)5/h7-16,18,28H,6,17H2,1-5H3,(H,37,41,42). The van der Waals surface area contributed by atoms with Crippen molar-refractivity contribution in [3.05, 3.63) is 115 Å². The number of carbonyl (C=O) groups excluding carboxylic acids is 1. The van der Waals surface area contributed by atoms with Crippen LogP contribution in [0.4, 0.5) is 0 Å². The average Bonchev–Trinajstić information content (AvgIpc) is 3.27. The van der Waals surface area contributed by atoms with E-state index in [-0.39, 0.29) is 12.5 Å². The lowest BCUT2D eigenvalue weighted by Crippen LogP contribution is -2.33. The van der Waals surface area contributed by atoms with Crippen LogP contribution in [0.2, 0.25) is 0 Å². The molecule has 1 N–H and O–H groups in total. The molecule has 0 saturated carbocycles. The summed E-state index contributed by atoms with van der Waals surface area (Å²) in [7, 11) is 0. The summed E-state index contributed by atoms with van der Waals surface area (Å²) in [4.78, 5) is 54.9. The summed E-state index contributed by atoms with van der Waals surface area (Å²) in [6, 6.07) is 12.4. The van der Waals surface area contributed by atoms with Crippen molar-refractivity contribution in [3.63, 3.8) is 0 Å². The summed E-state index contributed by atoms with van der Waals surface area (Å²) >= 11 is 0. The van der Waals surface area contributed by atoms with E-state index in [1.165, 1.54) is 28.9 Å². The molecule has 0 spiro atoms. The molecule has 0 amide bonds. The maximum absolute atomic E-state index is 13.5. The number of rotatable bonds is 5. The highest BCUT2D eigenvalue weighted by Crippen LogP contribution is 2.38. The van der Waals surface area contributed by atoms with Crippen molar-refractivity contribution < 1.29 is 9.53 Å². The topological polar surface area (TPSA) is 125 Å². The Bertz CT molecular complexity index is 2040. The van der Waals surface area contributed by atoms with Crippen LogP contribution < -0.4 is 11.2 Å². The Balaban J connectivity index is 1.49. The van der Waals surface area contributed by atoms with Crippen LogP contribution in [0.3, 0.4) is 0 Å². The highest BCUT2D eigenvalue weighted by molar-refractivity contribution is 5.78. The van der Waals surface area contributed by atoms with Gasteiger partial charge in [0.2, 0.25) is 5.95 Å². The molecule has 0 fully saturated rings. The monoisotopic (exact) mass is 576 g/mol.